The lowest BCUT2D eigenvalue weighted by molar-refractivity contribution is 0.736. The van der Waals surface area contributed by atoms with Crippen LogP contribution in [0.1, 0.15) is 11.1 Å². The third-order valence-corrected chi connectivity index (χ3v) is 3.54. The maximum absolute atomic E-state index is 11.8. The van der Waals surface area contributed by atoms with Crippen molar-refractivity contribution in [1.82, 2.24) is 9.55 Å². The van der Waals surface area contributed by atoms with E-state index in [0.717, 1.165) is 0 Å². The summed E-state index contributed by atoms with van der Waals surface area (Å²) in [6.07, 6.45) is 1.30. The van der Waals surface area contributed by atoms with E-state index in [4.69, 9.17) is 40.1 Å². The molecule has 0 aliphatic rings. The lowest BCUT2D eigenvalue weighted by Gasteiger charge is -2.08. The fraction of sp³-hybridized carbons (Fsp3) is 0.0833. The number of halogens is 3. The predicted octanol–water partition coefficient (Wildman–Crippen LogP) is 3.12. The molecule has 0 atom stereocenters. The maximum atomic E-state index is 11.8. The number of hydrogen-bond donors (Lipinski definition) is 0. The van der Waals surface area contributed by atoms with Crippen LogP contribution < -0.4 is 5.56 Å². The second kappa shape index (κ2) is 5.62. The van der Waals surface area contributed by atoms with Crippen molar-refractivity contribution in [3.8, 4) is 6.07 Å². The molecule has 0 aliphatic carbocycles. The SMILES string of the molecule is N#Cc1ccc(Cn2cnc(Cl)c(Cl)c2=O)c(Cl)c1. The summed E-state index contributed by atoms with van der Waals surface area (Å²) in [6, 6.07) is 6.82. The van der Waals surface area contributed by atoms with Gasteiger partial charge in [-0.05, 0) is 17.7 Å². The molecule has 7 heteroatoms. The maximum Gasteiger partial charge on any atom is 0.273 e. The molecule has 2 aromatic rings. The Balaban J connectivity index is 2.40. The van der Waals surface area contributed by atoms with Gasteiger partial charge in [0.1, 0.15) is 5.02 Å². The van der Waals surface area contributed by atoms with Crippen LogP contribution in [0.5, 0.6) is 0 Å². The zero-order valence-corrected chi connectivity index (χ0v) is 11.7. The smallest absolute Gasteiger partial charge is 0.273 e. The van der Waals surface area contributed by atoms with Crippen molar-refractivity contribution in [2.24, 2.45) is 0 Å². The minimum Gasteiger partial charge on any atom is -0.293 e. The first kappa shape index (κ1) is 13.9. The van der Waals surface area contributed by atoms with Crippen molar-refractivity contribution in [3.05, 3.63) is 61.2 Å². The standard InChI is InChI=1S/C12H6Cl3N3O/c13-9-3-7(4-16)1-2-8(9)5-18-6-17-11(15)10(14)12(18)19/h1-3,6H,5H2. The van der Waals surface area contributed by atoms with Crippen molar-refractivity contribution in [1.29, 1.82) is 5.26 Å². The molecule has 0 amide bonds. The van der Waals surface area contributed by atoms with E-state index in [-0.39, 0.29) is 16.7 Å². The molecular weight excluding hydrogens is 309 g/mol. The van der Waals surface area contributed by atoms with Crippen LogP contribution in [-0.4, -0.2) is 9.55 Å². The normalized spacial score (nSPS) is 10.2. The number of benzene rings is 1. The molecule has 1 aromatic carbocycles. The number of rotatable bonds is 2. The van der Waals surface area contributed by atoms with Crippen LogP contribution in [0.15, 0.2) is 29.3 Å². The van der Waals surface area contributed by atoms with Crippen molar-refractivity contribution < 1.29 is 0 Å². The van der Waals surface area contributed by atoms with E-state index in [9.17, 15) is 4.79 Å². The third-order valence-electron chi connectivity index (χ3n) is 2.46. The molecule has 0 saturated heterocycles. The molecule has 19 heavy (non-hydrogen) atoms. The molecule has 4 nitrogen and oxygen atoms in total. The Morgan fingerprint density at radius 2 is 2.05 bits per heavy atom. The molecule has 0 N–H and O–H groups in total. The number of aromatic nitrogens is 2. The highest BCUT2D eigenvalue weighted by Gasteiger charge is 2.09. The molecule has 0 unspecified atom stereocenters. The summed E-state index contributed by atoms with van der Waals surface area (Å²) in [4.78, 5) is 15.6. The summed E-state index contributed by atoms with van der Waals surface area (Å²) in [7, 11) is 0. The first-order valence-electron chi connectivity index (χ1n) is 5.12. The molecule has 0 bridgehead atoms. The van der Waals surface area contributed by atoms with Gasteiger partial charge in [0.05, 0.1) is 24.5 Å². The Kier molecular flexibility index (Phi) is 4.11. The second-order valence-electron chi connectivity index (χ2n) is 3.70. The predicted molar refractivity (Wildman–Crippen MR) is 73.8 cm³/mol. The van der Waals surface area contributed by atoms with E-state index < -0.39 is 5.56 Å². The van der Waals surface area contributed by atoms with E-state index in [1.54, 1.807) is 12.1 Å². The highest BCUT2D eigenvalue weighted by molar-refractivity contribution is 6.40. The largest absolute Gasteiger partial charge is 0.293 e. The number of nitrogens with zero attached hydrogens (tertiary/aromatic N) is 3. The van der Waals surface area contributed by atoms with Crippen LogP contribution in [0.4, 0.5) is 0 Å². The Labute approximate surface area is 123 Å². The summed E-state index contributed by atoms with van der Waals surface area (Å²) in [5.74, 6) is 0. The van der Waals surface area contributed by atoms with Crippen LogP contribution in [0, 0.1) is 11.3 Å². The quantitative estimate of drug-likeness (QED) is 0.800. The van der Waals surface area contributed by atoms with Gasteiger partial charge in [-0.1, -0.05) is 40.9 Å². The van der Waals surface area contributed by atoms with Gasteiger partial charge in [-0.25, -0.2) is 4.98 Å². The van der Waals surface area contributed by atoms with Crippen LogP contribution in [0.3, 0.4) is 0 Å². The van der Waals surface area contributed by atoms with E-state index in [1.165, 1.54) is 17.0 Å². The van der Waals surface area contributed by atoms with Crippen molar-refractivity contribution in [3.63, 3.8) is 0 Å². The molecule has 0 radical (unpaired) electrons. The van der Waals surface area contributed by atoms with Gasteiger partial charge in [-0.2, -0.15) is 5.26 Å². The van der Waals surface area contributed by atoms with Crippen molar-refractivity contribution in [2.75, 3.05) is 0 Å². The van der Waals surface area contributed by atoms with Gasteiger partial charge >= 0.3 is 0 Å². The number of hydrogen-bond acceptors (Lipinski definition) is 3. The summed E-state index contributed by atoms with van der Waals surface area (Å²) in [5, 5.41) is 8.98. The average molecular weight is 315 g/mol. The van der Waals surface area contributed by atoms with E-state index >= 15 is 0 Å². The summed E-state index contributed by atoms with van der Waals surface area (Å²) in [6.45, 7) is 0.202. The molecular formula is C12H6Cl3N3O. The molecule has 0 spiro atoms. The Hall–Kier alpha value is -1.54. The van der Waals surface area contributed by atoms with Crippen LogP contribution in [0.25, 0.3) is 0 Å². The van der Waals surface area contributed by atoms with Gasteiger partial charge in [-0.3, -0.25) is 9.36 Å². The average Bonchev–Trinajstić information content (AvgIpc) is 2.41. The highest BCUT2D eigenvalue weighted by Crippen LogP contribution is 2.19. The molecule has 0 fully saturated rings. The van der Waals surface area contributed by atoms with Gasteiger partial charge < -0.3 is 0 Å². The van der Waals surface area contributed by atoms with Gasteiger partial charge in [0, 0.05) is 5.02 Å². The highest BCUT2D eigenvalue weighted by atomic mass is 35.5. The van der Waals surface area contributed by atoms with Crippen molar-refractivity contribution >= 4 is 34.8 Å². The fourth-order valence-corrected chi connectivity index (χ4v) is 2.01. The van der Waals surface area contributed by atoms with E-state index in [1.807, 2.05) is 6.07 Å². The van der Waals surface area contributed by atoms with Crippen LogP contribution in [-0.2, 0) is 6.54 Å². The third kappa shape index (κ3) is 2.90. The topological polar surface area (TPSA) is 58.7 Å². The second-order valence-corrected chi connectivity index (χ2v) is 4.84. The zero-order chi connectivity index (χ0) is 14.0. The minimum absolute atomic E-state index is 0.0335. The molecule has 0 aliphatic heterocycles. The van der Waals surface area contributed by atoms with Gasteiger partial charge in [0.2, 0.25) is 0 Å². The molecule has 0 saturated carbocycles. The molecule has 96 valence electrons. The van der Waals surface area contributed by atoms with Gasteiger partial charge in [0.15, 0.2) is 5.15 Å². The monoisotopic (exact) mass is 313 g/mol. The fourth-order valence-electron chi connectivity index (χ4n) is 1.49. The Bertz CT molecular complexity index is 734. The lowest BCUT2D eigenvalue weighted by atomic mass is 10.1. The number of nitriles is 1. The van der Waals surface area contributed by atoms with E-state index in [0.29, 0.717) is 16.1 Å². The van der Waals surface area contributed by atoms with Gasteiger partial charge in [-0.15, -0.1) is 0 Å². The van der Waals surface area contributed by atoms with Crippen LogP contribution >= 0.6 is 34.8 Å². The minimum atomic E-state index is -0.443. The van der Waals surface area contributed by atoms with Crippen molar-refractivity contribution in [2.45, 2.75) is 6.54 Å². The summed E-state index contributed by atoms with van der Waals surface area (Å²) >= 11 is 17.4. The van der Waals surface area contributed by atoms with Gasteiger partial charge in [0.25, 0.3) is 5.56 Å². The summed E-state index contributed by atoms with van der Waals surface area (Å²) in [5.41, 5.74) is 0.693. The molecule has 2 rings (SSSR count). The first-order valence-corrected chi connectivity index (χ1v) is 6.25. The van der Waals surface area contributed by atoms with E-state index in [2.05, 4.69) is 4.98 Å². The molecule has 1 heterocycles. The molecule has 1 aromatic heterocycles. The Morgan fingerprint density at radius 3 is 2.68 bits per heavy atom. The Morgan fingerprint density at radius 1 is 1.32 bits per heavy atom. The first-order chi connectivity index (χ1) is 9.02. The summed E-state index contributed by atoms with van der Waals surface area (Å²) < 4.78 is 1.29. The van der Waals surface area contributed by atoms with Crippen LogP contribution in [0.2, 0.25) is 15.2 Å². The lowest BCUT2D eigenvalue weighted by Crippen LogP contribution is -2.21. The zero-order valence-electron chi connectivity index (χ0n) is 9.40.